The van der Waals surface area contributed by atoms with Gasteiger partial charge in [0.1, 0.15) is 0 Å². The van der Waals surface area contributed by atoms with Crippen LogP contribution in [-0.4, -0.2) is 45.5 Å². The van der Waals surface area contributed by atoms with Gasteiger partial charge < -0.3 is 10.6 Å². The van der Waals surface area contributed by atoms with Crippen LogP contribution in [0.1, 0.15) is 45.2 Å². The highest BCUT2D eigenvalue weighted by atomic mass is 32.2. The van der Waals surface area contributed by atoms with Crippen LogP contribution in [0.5, 0.6) is 0 Å². The van der Waals surface area contributed by atoms with E-state index in [1.54, 1.807) is 0 Å². The molecule has 0 saturated carbocycles. The summed E-state index contributed by atoms with van der Waals surface area (Å²) < 4.78 is 2.38. The zero-order chi connectivity index (χ0) is 17.9. The molecule has 2 N–H and O–H groups in total. The molecule has 26 heavy (non-hydrogen) atoms. The van der Waals surface area contributed by atoms with Gasteiger partial charge in [-0.3, -0.25) is 4.79 Å². The van der Waals surface area contributed by atoms with Gasteiger partial charge in [0.2, 0.25) is 0 Å². The van der Waals surface area contributed by atoms with Crippen LogP contribution in [0.3, 0.4) is 0 Å². The first-order valence-electron chi connectivity index (χ1n) is 8.99. The molecule has 6 nitrogen and oxygen atoms in total. The van der Waals surface area contributed by atoms with Crippen LogP contribution in [0.15, 0.2) is 24.3 Å². The molecule has 4 rings (SSSR count). The summed E-state index contributed by atoms with van der Waals surface area (Å²) in [6.07, 6.45) is 2.04. The predicted octanol–water partition coefficient (Wildman–Crippen LogP) is 3.24. The Morgan fingerprint density at radius 2 is 2.04 bits per heavy atom. The number of piperidine rings is 1. The first-order valence-corrected chi connectivity index (χ1v) is 11.1. The minimum atomic E-state index is -0.188. The van der Waals surface area contributed by atoms with Crippen LogP contribution in [0.25, 0.3) is 0 Å². The summed E-state index contributed by atoms with van der Waals surface area (Å²) in [5.74, 6) is 2.18. The summed E-state index contributed by atoms with van der Waals surface area (Å²) >= 11 is 3.92. The van der Waals surface area contributed by atoms with E-state index in [4.69, 9.17) is 0 Å². The van der Waals surface area contributed by atoms with Gasteiger partial charge in [0, 0.05) is 17.2 Å². The van der Waals surface area contributed by atoms with E-state index in [-0.39, 0.29) is 5.91 Å². The number of thioether (sulfide) groups is 2. The maximum atomic E-state index is 12.7. The molecule has 0 atom stereocenters. The fraction of sp³-hybridized carbons (Fsp3) is 0.500. The molecule has 1 aromatic carbocycles. The van der Waals surface area contributed by atoms with Gasteiger partial charge in [-0.15, -0.1) is 28.6 Å². The third-order valence-corrected chi connectivity index (χ3v) is 7.94. The van der Waals surface area contributed by atoms with E-state index in [2.05, 4.69) is 33.1 Å². The van der Waals surface area contributed by atoms with Crippen molar-refractivity contribution in [3.63, 3.8) is 0 Å². The number of aromatic nitrogens is 3. The van der Waals surface area contributed by atoms with Crippen molar-refractivity contribution in [1.29, 1.82) is 0 Å². The maximum Gasteiger partial charge on any atom is 0.278 e. The number of hydrogen-bond donors (Lipinski definition) is 2. The Balaban J connectivity index is 1.48. The van der Waals surface area contributed by atoms with Gasteiger partial charge in [0.15, 0.2) is 5.69 Å². The Hall–Kier alpha value is -1.51. The molecular formula is C18H23N5OS2. The molecule has 2 saturated heterocycles. The van der Waals surface area contributed by atoms with Crippen LogP contribution in [0.2, 0.25) is 0 Å². The molecule has 2 fully saturated rings. The number of carbonyl (C=O) groups is 1. The monoisotopic (exact) mass is 389 g/mol. The molecule has 0 bridgehead atoms. The molecule has 138 valence electrons. The molecule has 2 aliphatic heterocycles. The molecule has 2 aliphatic rings. The SMILES string of the molecule is Cc1c(C(=O)Nc2cccc(C3SCCS3)c2)nnn1C1CCNCC1. The lowest BCUT2D eigenvalue weighted by molar-refractivity contribution is 0.102. The highest BCUT2D eigenvalue weighted by Gasteiger charge is 2.23. The second-order valence-electron chi connectivity index (χ2n) is 6.60. The normalized spacial score (nSPS) is 19.0. The van der Waals surface area contributed by atoms with Gasteiger partial charge in [-0.1, -0.05) is 17.3 Å². The Kier molecular flexibility index (Phi) is 5.52. The second-order valence-corrected chi connectivity index (χ2v) is 9.33. The lowest BCUT2D eigenvalue weighted by Gasteiger charge is -2.23. The molecule has 1 aromatic heterocycles. The Morgan fingerprint density at radius 3 is 2.81 bits per heavy atom. The first kappa shape index (κ1) is 17.9. The van der Waals surface area contributed by atoms with E-state index in [1.807, 2.05) is 47.3 Å². The molecule has 2 aromatic rings. The van der Waals surface area contributed by atoms with E-state index in [0.717, 1.165) is 37.3 Å². The van der Waals surface area contributed by atoms with E-state index < -0.39 is 0 Å². The molecule has 0 spiro atoms. The summed E-state index contributed by atoms with van der Waals surface area (Å²) in [6.45, 7) is 3.89. The number of anilines is 1. The number of hydrogen-bond acceptors (Lipinski definition) is 6. The number of rotatable bonds is 4. The van der Waals surface area contributed by atoms with Gasteiger partial charge in [0.05, 0.1) is 16.3 Å². The van der Waals surface area contributed by atoms with E-state index in [0.29, 0.717) is 16.3 Å². The average molecular weight is 390 g/mol. The second kappa shape index (κ2) is 8.02. The summed E-state index contributed by atoms with van der Waals surface area (Å²) in [4.78, 5) is 12.7. The van der Waals surface area contributed by atoms with Crippen molar-refractivity contribution in [2.45, 2.75) is 30.4 Å². The standard InChI is InChI=1S/C18H23N5OS2/c1-12-16(21-22-23(12)15-5-7-19-8-6-15)17(24)20-14-4-2-3-13(11-14)18-25-9-10-26-18/h2-4,11,15,18-19H,5-10H2,1H3,(H,20,24). The smallest absolute Gasteiger partial charge is 0.278 e. The van der Waals surface area contributed by atoms with Gasteiger partial charge in [-0.2, -0.15) is 0 Å². The summed E-state index contributed by atoms with van der Waals surface area (Å²) in [7, 11) is 0. The summed E-state index contributed by atoms with van der Waals surface area (Å²) in [5, 5.41) is 14.8. The highest BCUT2D eigenvalue weighted by molar-refractivity contribution is 8.19. The quantitative estimate of drug-likeness (QED) is 0.836. The minimum Gasteiger partial charge on any atom is -0.321 e. The molecule has 0 aliphatic carbocycles. The van der Waals surface area contributed by atoms with Crippen molar-refractivity contribution in [1.82, 2.24) is 20.3 Å². The van der Waals surface area contributed by atoms with Crippen molar-refractivity contribution in [3.8, 4) is 0 Å². The maximum absolute atomic E-state index is 12.7. The lowest BCUT2D eigenvalue weighted by Crippen LogP contribution is -2.30. The molecule has 0 unspecified atom stereocenters. The largest absolute Gasteiger partial charge is 0.321 e. The molecule has 8 heteroatoms. The van der Waals surface area contributed by atoms with Crippen molar-refractivity contribution in [2.24, 2.45) is 0 Å². The molecule has 1 amide bonds. The third kappa shape index (κ3) is 3.77. The molecular weight excluding hydrogens is 366 g/mol. The van der Waals surface area contributed by atoms with Crippen LogP contribution in [0, 0.1) is 6.92 Å². The van der Waals surface area contributed by atoms with Crippen molar-refractivity contribution < 1.29 is 4.79 Å². The average Bonchev–Trinajstić information content (AvgIpc) is 3.32. The zero-order valence-corrected chi connectivity index (χ0v) is 16.4. The number of nitrogens with one attached hydrogen (secondary N) is 2. The van der Waals surface area contributed by atoms with Crippen molar-refractivity contribution in [2.75, 3.05) is 29.9 Å². The number of benzene rings is 1. The summed E-state index contributed by atoms with van der Waals surface area (Å²) in [6, 6.07) is 8.46. The number of nitrogens with zero attached hydrogens (tertiary/aromatic N) is 3. The van der Waals surface area contributed by atoms with Crippen LogP contribution in [0.4, 0.5) is 5.69 Å². The van der Waals surface area contributed by atoms with Gasteiger partial charge >= 0.3 is 0 Å². The van der Waals surface area contributed by atoms with Gasteiger partial charge in [-0.05, 0) is 50.6 Å². The topological polar surface area (TPSA) is 71.8 Å². The lowest BCUT2D eigenvalue weighted by atomic mass is 10.1. The third-order valence-electron chi connectivity index (χ3n) is 4.84. The van der Waals surface area contributed by atoms with Crippen LogP contribution >= 0.6 is 23.5 Å². The Labute approximate surface area is 161 Å². The van der Waals surface area contributed by atoms with Crippen LogP contribution in [-0.2, 0) is 0 Å². The van der Waals surface area contributed by atoms with Gasteiger partial charge in [0.25, 0.3) is 5.91 Å². The van der Waals surface area contributed by atoms with Gasteiger partial charge in [-0.25, -0.2) is 4.68 Å². The van der Waals surface area contributed by atoms with E-state index >= 15 is 0 Å². The molecule has 3 heterocycles. The fourth-order valence-corrected chi connectivity index (χ4v) is 6.29. The Bertz CT molecular complexity index is 782. The predicted molar refractivity (Wildman–Crippen MR) is 108 cm³/mol. The van der Waals surface area contributed by atoms with E-state index in [9.17, 15) is 4.79 Å². The summed E-state index contributed by atoms with van der Waals surface area (Å²) in [5.41, 5.74) is 3.33. The van der Waals surface area contributed by atoms with E-state index in [1.165, 1.54) is 17.1 Å². The highest BCUT2D eigenvalue weighted by Crippen LogP contribution is 2.45. The zero-order valence-electron chi connectivity index (χ0n) is 14.8. The number of carbonyl (C=O) groups excluding carboxylic acids is 1. The first-order chi connectivity index (χ1) is 12.7. The van der Waals surface area contributed by atoms with Crippen LogP contribution < -0.4 is 10.6 Å². The van der Waals surface area contributed by atoms with Crippen molar-refractivity contribution in [3.05, 3.63) is 41.2 Å². The minimum absolute atomic E-state index is 0.188. The van der Waals surface area contributed by atoms with Crippen molar-refractivity contribution >= 4 is 35.1 Å². The Morgan fingerprint density at radius 1 is 1.27 bits per heavy atom. The molecule has 0 radical (unpaired) electrons. The number of amides is 1. The fourth-order valence-electron chi connectivity index (χ4n) is 3.45.